The Morgan fingerprint density at radius 1 is 1.27 bits per heavy atom. The van der Waals surface area contributed by atoms with Crippen LogP contribution in [0.4, 0.5) is 0 Å². The van der Waals surface area contributed by atoms with E-state index in [0.29, 0.717) is 11.3 Å². The van der Waals surface area contributed by atoms with Crippen molar-refractivity contribution in [2.45, 2.75) is 71.6 Å². The van der Waals surface area contributed by atoms with Gasteiger partial charge in [-0.05, 0) is 36.4 Å². The van der Waals surface area contributed by atoms with Crippen LogP contribution in [0, 0.1) is 11.5 Å². The molecule has 0 saturated heterocycles. The van der Waals surface area contributed by atoms with Crippen molar-refractivity contribution >= 4 is 8.32 Å². The lowest BCUT2D eigenvalue weighted by Crippen LogP contribution is -2.44. The summed E-state index contributed by atoms with van der Waals surface area (Å²) in [7, 11) is -0.834. The van der Waals surface area contributed by atoms with Crippen molar-refractivity contribution < 1.29 is 13.6 Å². The lowest BCUT2D eigenvalue weighted by molar-refractivity contribution is 0.266. The second-order valence-corrected chi connectivity index (χ2v) is 12.0. The van der Waals surface area contributed by atoms with Gasteiger partial charge in [0.15, 0.2) is 0 Å². The number of rotatable bonds is 6. The van der Waals surface area contributed by atoms with Crippen LogP contribution in [0.5, 0.6) is 5.75 Å². The van der Waals surface area contributed by atoms with Gasteiger partial charge in [0.25, 0.3) is 8.32 Å². The van der Waals surface area contributed by atoms with Gasteiger partial charge in [-0.15, -0.1) is 0 Å². The molecular formula is C21H30O4Si. The summed E-state index contributed by atoms with van der Waals surface area (Å²) >= 11 is 0. The Bertz CT molecular complexity index is 785. The van der Waals surface area contributed by atoms with Gasteiger partial charge >= 0.3 is 5.63 Å². The molecule has 1 aliphatic carbocycles. The first-order chi connectivity index (χ1) is 12.2. The summed E-state index contributed by atoms with van der Waals surface area (Å²) < 4.78 is 17.6. The van der Waals surface area contributed by atoms with Gasteiger partial charge in [0.2, 0.25) is 0 Å². The fraction of sp³-hybridized carbons (Fsp3) is 0.571. The highest BCUT2D eigenvalue weighted by atomic mass is 28.4. The van der Waals surface area contributed by atoms with Gasteiger partial charge in [-0.1, -0.05) is 45.7 Å². The van der Waals surface area contributed by atoms with Crippen molar-refractivity contribution in [2.24, 2.45) is 0 Å². The molecule has 1 aromatic rings. The summed E-state index contributed by atoms with van der Waals surface area (Å²) in [6.07, 6.45) is 2.66. The van der Waals surface area contributed by atoms with E-state index in [-0.39, 0.29) is 23.3 Å². The van der Waals surface area contributed by atoms with Crippen molar-refractivity contribution in [3.05, 3.63) is 39.5 Å². The molecule has 0 amide bonds. The highest BCUT2D eigenvalue weighted by Gasteiger charge is 2.42. The molecule has 0 N–H and O–H groups in total. The molecular weight excluding hydrogens is 344 g/mol. The number of ether oxygens (including phenoxy) is 1. The third-order valence-corrected chi connectivity index (χ3v) is 9.59. The van der Waals surface area contributed by atoms with Crippen LogP contribution in [-0.4, -0.2) is 15.4 Å². The van der Waals surface area contributed by atoms with Crippen LogP contribution in [0.25, 0.3) is 0 Å². The summed E-state index contributed by atoms with van der Waals surface area (Å²) in [6.45, 7) is 14.5. The zero-order valence-corrected chi connectivity index (χ0v) is 17.8. The van der Waals surface area contributed by atoms with Crippen LogP contribution in [0.2, 0.25) is 11.1 Å². The fourth-order valence-electron chi connectivity index (χ4n) is 3.61. The van der Waals surface area contributed by atoms with Crippen LogP contribution in [0.15, 0.2) is 21.4 Å². The molecule has 0 aliphatic heterocycles. The Morgan fingerprint density at radius 3 is 2.46 bits per heavy atom. The molecule has 0 saturated carbocycles. The summed E-state index contributed by atoms with van der Waals surface area (Å²) in [5.41, 5.74) is 5.92. The minimum Gasteiger partial charge on any atom is -0.496 e. The summed E-state index contributed by atoms with van der Waals surface area (Å²) in [5, 5.41) is 0. The first kappa shape index (κ1) is 20.5. The minimum atomic E-state index is -2.44. The fourth-order valence-corrected chi connectivity index (χ4v) is 7.05. The van der Waals surface area contributed by atoms with Crippen molar-refractivity contribution in [1.82, 2.24) is 0 Å². The molecule has 0 aromatic carbocycles. The van der Waals surface area contributed by atoms with E-state index in [1.807, 2.05) is 6.92 Å². The van der Waals surface area contributed by atoms with Gasteiger partial charge in [0.05, 0.1) is 13.7 Å². The van der Waals surface area contributed by atoms with Gasteiger partial charge in [-0.25, -0.2) is 4.79 Å². The number of hydrogen-bond acceptors (Lipinski definition) is 4. The quantitative estimate of drug-likeness (QED) is 0.542. The summed E-state index contributed by atoms with van der Waals surface area (Å²) in [4.78, 5) is 12.5. The predicted octanol–water partition coefficient (Wildman–Crippen LogP) is 4.54. The van der Waals surface area contributed by atoms with Crippen molar-refractivity contribution in [2.75, 3.05) is 7.11 Å². The van der Waals surface area contributed by atoms with E-state index in [9.17, 15) is 4.79 Å². The van der Waals surface area contributed by atoms with Gasteiger partial charge in [0, 0.05) is 12.0 Å². The number of hydrogen-bond donors (Lipinski definition) is 0. The molecule has 0 spiro atoms. The number of aryl methyl sites for hydroxylation is 1. The Hall–Kier alpha value is -1.77. The molecule has 0 atom stereocenters. The second-order valence-electron chi connectivity index (χ2n) is 7.58. The molecule has 1 heterocycles. The van der Waals surface area contributed by atoms with Crippen LogP contribution in [0.1, 0.15) is 57.9 Å². The highest BCUT2D eigenvalue weighted by Crippen LogP contribution is 2.36. The SMILES string of the molecule is C=C(C)C#C[Si](OCc1c(OC)c2c(oc1=O)CCC2)(C(C)C)C(C)C. The molecule has 26 heavy (non-hydrogen) atoms. The van der Waals surface area contributed by atoms with Gasteiger partial charge in [-0.3, -0.25) is 0 Å². The molecule has 1 aliphatic rings. The molecule has 0 fully saturated rings. The number of methoxy groups -OCH3 is 1. The molecule has 142 valence electrons. The Labute approximate surface area is 157 Å². The largest absolute Gasteiger partial charge is 0.496 e. The van der Waals surface area contributed by atoms with E-state index >= 15 is 0 Å². The number of allylic oxidation sites excluding steroid dienone is 1. The standard InChI is InChI=1S/C21H30O4Si/c1-14(2)11-12-26(15(3)4,16(5)6)24-13-18-20(23-7)17-9-8-10-19(17)25-21(18)22/h15-16H,1,8-10,13H2,2-7H3. The van der Waals surface area contributed by atoms with E-state index in [1.54, 1.807) is 7.11 Å². The first-order valence-corrected chi connectivity index (χ1v) is 11.3. The van der Waals surface area contributed by atoms with E-state index in [1.165, 1.54) is 0 Å². The van der Waals surface area contributed by atoms with Gasteiger partial charge < -0.3 is 13.6 Å². The van der Waals surface area contributed by atoms with E-state index in [0.717, 1.165) is 36.2 Å². The first-order valence-electron chi connectivity index (χ1n) is 9.27. The van der Waals surface area contributed by atoms with Gasteiger partial charge in [0.1, 0.15) is 17.1 Å². The molecule has 0 unspecified atom stereocenters. The van der Waals surface area contributed by atoms with Crippen LogP contribution >= 0.6 is 0 Å². The number of fused-ring (bicyclic) bond motifs is 1. The zero-order valence-electron chi connectivity index (χ0n) is 16.8. The minimum absolute atomic E-state index is 0.173. The van der Waals surface area contributed by atoms with E-state index < -0.39 is 8.32 Å². The molecule has 2 rings (SSSR count). The van der Waals surface area contributed by atoms with Crippen LogP contribution in [-0.2, 0) is 23.9 Å². The Balaban J connectivity index is 2.43. The highest BCUT2D eigenvalue weighted by molar-refractivity contribution is 6.84. The lowest BCUT2D eigenvalue weighted by atomic mass is 10.1. The molecule has 4 nitrogen and oxygen atoms in total. The second kappa shape index (κ2) is 8.28. The average Bonchev–Trinajstić information content (AvgIpc) is 3.01. The van der Waals surface area contributed by atoms with E-state index in [4.69, 9.17) is 13.6 Å². The summed E-state index contributed by atoms with van der Waals surface area (Å²) in [5.74, 6) is 4.52. The Kier molecular flexibility index (Phi) is 6.54. The maximum atomic E-state index is 12.5. The third kappa shape index (κ3) is 3.97. The van der Waals surface area contributed by atoms with E-state index in [2.05, 4.69) is 45.7 Å². The Morgan fingerprint density at radius 2 is 1.92 bits per heavy atom. The monoisotopic (exact) mass is 374 g/mol. The maximum absolute atomic E-state index is 12.5. The van der Waals surface area contributed by atoms with Crippen molar-refractivity contribution in [3.63, 3.8) is 0 Å². The molecule has 1 aromatic heterocycles. The molecule has 5 heteroatoms. The molecule has 0 bridgehead atoms. The average molecular weight is 375 g/mol. The normalized spacial score (nSPS) is 13.5. The maximum Gasteiger partial charge on any atom is 0.345 e. The lowest BCUT2D eigenvalue weighted by Gasteiger charge is -2.33. The van der Waals surface area contributed by atoms with Gasteiger partial charge in [-0.2, -0.15) is 0 Å². The molecule has 0 radical (unpaired) electrons. The van der Waals surface area contributed by atoms with Crippen molar-refractivity contribution in [3.8, 4) is 17.2 Å². The van der Waals surface area contributed by atoms with Crippen LogP contribution < -0.4 is 10.4 Å². The summed E-state index contributed by atoms with van der Waals surface area (Å²) in [6, 6.07) is 0. The smallest absolute Gasteiger partial charge is 0.345 e. The topological polar surface area (TPSA) is 48.7 Å². The predicted molar refractivity (Wildman–Crippen MR) is 107 cm³/mol. The zero-order chi connectivity index (χ0) is 19.5. The van der Waals surface area contributed by atoms with Crippen molar-refractivity contribution in [1.29, 1.82) is 0 Å². The third-order valence-electron chi connectivity index (χ3n) is 5.02. The van der Waals surface area contributed by atoms with Crippen LogP contribution in [0.3, 0.4) is 0 Å².